The molecule has 22 heavy (non-hydrogen) atoms. The van der Waals surface area contributed by atoms with Crippen molar-refractivity contribution in [2.75, 3.05) is 13.1 Å². The number of aromatic nitrogens is 4. The summed E-state index contributed by atoms with van der Waals surface area (Å²) < 4.78 is 13.3. The summed E-state index contributed by atoms with van der Waals surface area (Å²) >= 11 is 0. The molecule has 118 valence electrons. The van der Waals surface area contributed by atoms with Gasteiger partial charge in [-0.25, -0.2) is 0 Å². The molecule has 0 bridgehead atoms. The lowest BCUT2D eigenvalue weighted by Crippen LogP contribution is -2.41. The van der Waals surface area contributed by atoms with Gasteiger partial charge in [0.1, 0.15) is 6.10 Å². The van der Waals surface area contributed by atoms with Crippen molar-refractivity contribution >= 4 is 0 Å². The number of aryl methyl sites for hydroxylation is 2. The van der Waals surface area contributed by atoms with E-state index in [1.54, 1.807) is 0 Å². The van der Waals surface area contributed by atoms with Crippen LogP contribution in [0.15, 0.2) is 16.9 Å². The second-order valence-electron chi connectivity index (χ2n) is 6.38. The van der Waals surface area contributed by atoms with Gasteiger partial charge in [0.25, 0.3) is 5.89 Å². The summed E-state index contributed by atoms with van der Waals surface area (Å²) in [6.45, 7) is 4.84. The first-order valence-electron chi connectivity index (χ1n) is 7.83. The molecule has 0 aromatic carbocycles. The number of hydrogen-bond acceptors (Lipinski definition) is 6. The zero-order chi connectivity index (χ0) is 15.1. The van der Waals surface area contributed by atoms with Crippen molar-refractivity contribution in [2.45, 2.75) is 38.5 Å². The molecule has 2 aliphatic heterocycles. The molecule has 2 fully saturated rings. The van der Waals surface area contributed by atoms with Crippen LogP contribution in [0.5, 0.6) is 0 Å². The number of fused-ring (bicyclic) bond motifs is 1. The second kappa shape index (κ2) is 5.48. The Bertz CT molecular complexity index is 652. The second-order valence-corrected chi connectivity index (χ2v) is 6.38. The van der Waals surface area contributed by atoms with Gasteiger partial charge in [0.2, 0.25) is 0 Å². The summed E-state index contributed by atoms with van der Waals surface area (Å²) in [4.78, 5) is 6.76. The fourth-order valence-electron chi connectivity index (χ4n) is 3.55. The van der Waals surface area contributed by atoms with Crippen LogP contribution in [0.2, 0.25) is 0 Å². The minimum Gasteiger partial charge on any atom is -0.364 e. The molecule has 2 aromatic rings. The van der Waals surface area contributed by atoms with Crippen LogP contribution in [-0.2, 0) is 18.3 Å². The third-order valence-corrected chi connectivity index (χ3v) is 4.62. The van der Waals surface area contributed by atoms with E-state index in [1.165, 1.54) is 5.56 Å². The van der Waals surface area contributed by atoms with E-state index >= 15 is 0 Å². The molecule has 2 aliphatic rings. The third kappa shape index (κ3) is 2.66. The molecule has 0 spiro atoms. The number of nitrogens with zero attached hydrogens (tertiary/aromatic N) is 5. The molecule has 0 unspecified atom stereocenters. The van der Waals surface area contributed by atoms with E-state index in [9.17, 15) is 0 Å². The van der Waals surface area contributed by atoms with E-state index < -0.39 is 0 Å². The highest BCUT2D eigenvalue weighted by Gasteiger charge is 2.41. The molecule has 0 amide bonds. The van der Waals surface area contributed by atoms with Gasteiger partial charge in [-0.05, 0) is 32.2 Å². The summed E-state index contributed by atoms with van der Waals surface area (Å²) in [5, 5.41) is 8.10. The number of likely N-dealkylation sites (tertiary alicyclic amines) is 1. The van der Waals surface area contributed by atoms with Crippen molar-refractivity contribution in [3.8, 4) is 0 Å². The van der Waals surface area contributed by atoms with E-state index in [0.29, 0.717) is 17.6 Å². The first-order chi connectivity index (χ1) is 10.7. The summed E-state index contributed by atoms with van der Waals surface area (Å²) in [6, 6.07) is 0. The molecular formula is C15H21N5O2. The molecular weight excluding hydrogens is 282 g/mol. The lowest BCUT2D eigenvalue weighted by Gasteiger charge is -2.33. The summed E-state index contributed by atoms with van der Waals surface area (Å²) in [5.74, 6) is 1.90. The van der Waals surface area contributed by atoms with Gasteiger partial charge in [0, 0.05) is 31.9 Å². The van der Waals surface area contributed by atoms with Gasteiger partial charge < -0.3 is 9.26 Å². The van der Waals surface area contributed by atoms with Gasteiger partial charge in [-0.1, -0.05) is 5.16 Å². The van der Waals surface area contributed by atoms with Crippen molar-refractivity contribution < 1.29 is 9.26 Å². The molecule has 0 N–H and O–H groups in total. The molecule has 7 heteroatoms. The maximum absolute atomic E-state index is 6.18. The van der Waals surface area contributed by atoms with Crippen LogP contribution in [0.1, 0.15) is 36.2 Å². The van der Waals surface area contributed by atoms with E-state index in [-0.39, 0.29) is 12.2 Å². The van der Waals surface area contributed by atoms with E-state index in [1.807, 2.05) is 24.9 Å². The van der Waals surface area contributed by atoms with Crippen molar-refractivity contribution in [1.82, 2.24) is 24.8 Å². The molecule has 2 aromatic heterocycles. The van der Waals surface area contributed by atoms with E-state index in [2.05, 4.69) is 26.3 Å². The van der Waals surface area contributed by atoms with Crippen LogP contribution in [0.4, 0.5) is 0 Å². The van der Waals surface area contributed by atoms with Crippen molar-refractivity contribution in [3.63, 3.8) is 0 Å². The average Bonchev–Trinajstić information content (AvgIpc) is 3.18. The van der Waals surface area contributed by atoms with Gasteiger partial charge in [0.15, 0.2) is 5.82 Å². The highest BCUT2D eigenvalue weighted by atomic mass is 16.5. The molecule has 2 saturated heterocycles. The predicted octanol–water partition coefficient (Wildman–Crippen LogP) is 1.46. The van der Waals surface area contributed by atoms with Crippen LogP contribution < -0.4 is 0 Å². The summed E-state index contributed by atoms with van der Waals surface area (Å²) in [5.41, 5.74) is 1.25. The van der Waals surface area contributed by atoms with Crippen LogP contribution >= 0.6 is 0 Å². The van der Waals surface area contributed by atoms with Crippen molar-refractivity contribution in [2.24, 2.45) is 13.0 Å². The first-order valence-corrected chi connectivity index (χ1v) is 7.83. The van der Waals surface area contributed by atoms with Gasteiger partial charge in [-0.15, -0.1) is 0 Å². The van der Waals surface area contributed by atoms with Crippen LogP contribution in [0.25, 0.3) is 0 Å². The lowest BCUT2D eigenvalue weighted by molar-refractivity contribution is -0.0189. The van der Waals surface area contributed by atoms with E-state index in [4.69, 9.17) is 9.26 Å². The maximum atomic E-state index is 6.18. The standard InChI is InChI=1S/C15H21N5O2/c1-10-17-15(22-18-10)13-5-12-3-4-20(9-14(12)21-13)8-11-6-16-19(2)7-11/h6-7,12-14H,3-5,8-9H2,1-2H3/t12-,13+,14+/m1/s1. The Balaban J connectivity index is 1.39. The lowest BCUT2D eigenvalue weighted by atomic mass is 9.91. The van der Waals surface area contributed by atoms with Crippen LogP contribution in [0.3, 0.4) is 0 Å². The molecule has 0 saturated carbocycles. The number of ether oxygens (including phenoxy) is 1. The first kappa shape index (κ1) is 13.9. The predicted molar refractivity (Wildman–Crippen MR) is 77.9 cm³/mol. The highest BCUT2D eigenvalue weighted by Crippen LogP contribution is 2.40. The van der Waals surface area contributed by atoms with Crippen molar-refractivity contribution in [3.05, 3.63) is 29.7 Å². The smallest absolute Gasteiger partial charge is 0.255 e. The van der Waals surface area contributed by atoms with E-state index in [0.717, 1.165) is 32.5 Å². The zero-order valence-corrected chi connectivity index (χ0v) is 13.0. The fraction of sp³-hybridized carbons (Fsp3) is 0.667. The van der Waals surface area contributed by atoms with Gasteiger partial charge >= 0.3 is 0 Å². The Hall–Kier alpha value is -1.73. The Morgan fingerprint density at radius 1 is 1.41 bits per heavy atom. The number of rotatable bonds is 3. The third-order valence-electron chi connectivity index (χ3n) is 4.62. The average molecular weight is 303 g/mol. The van der Waals surface area contributed by atoms with Gasteiger partial charge in [0.05, 0.1) is 12.3 Å². The van der Waals surface area contributed by atoms with Crippen LogP contribution in [-0.4, -0.2) is 44.0 Å². The van der Waals surface area contributed by atoms with Crippen molar-refractivity contribution in [1.29, 1.82) is 0 Å². The fourth-order valence-corrected chi connectivity index (χ4v) is 3.55. The summed E-state index contributed by atoms with van der Waals surface area (Å²) in [7, 11) is 1.95. The quantitative estimate of drug-likeness (QED) is 0.855. The Labute approximate surface area is 129 Å². The topological polar surface area (TPSA) is 69.2 Å². The Kier molecular flexibility index (Phi) is 3.46. The zero-order valence-electron chi connectivity index (χ0n) is 13.0. The largest absolute Gasteiger partial charge is 0.364 e. The normalized spacial score (nSPS) is 28.9. The molecule has 0 radical (unpaired) electrons. The molecule has 0 aliphatic carbocycles. The Morgan fingerprint density at radius 3 is 3.05 bits per heavy atom. The monoisotopic (exact) mass is 303 g/mol. The maximum Gasteiger partial charge on any atom is 0.255 e. The summed E-state index contributed by atoms with van der Waals surface area (Å²) in [6.07, 6.45) is 6.40. The van der Waals surface area contributed by atoms with Gasteiger partial charge in [-0.3, -0.25) is 9.58 Å². The molecule has 7 nitrogen and oxygen atoms in total. The highest BCUT2D eigenvalue weighted by molar-refractivity contribution is 5.04. The molecule has 3 atom stereocenters. The minimum absolute atomic E-state index is 0.0328. The van der Waals surface area contributed by atoms with Gasteiger partial charge in [-0.2, -0.15) is 10.1 Å². The number of piperidine rings is 1. The molecule has 4 rings (SSSR count). The minimum atomic E-state index is -0.0328. The molecule has 4 heterocycles. The number of hydrogen-bond donors (Lipinski definition) is 0. The SMILES string of the molecule is Cc1noc([C@@H]2C[C@H]3CCN(Cc4cnn(C)c4)C[C@@H]3O2)n1. The Morgan fingerprint density at radius 2 is 2.32 bits per heavy atom. The van der Waals surface area contributed by atoms with Crippen LogP contribution in [0, 0.1) is 12.8 Å².